The standard InChI is InChI=1S/C22H32N2O3/c23-12-3-15-27-20-10-13-24(14-11-20)22(26)9-8-21(25)19-7-6-17-4-1-2-5-18(17)16-19/h6-7,16,20H,1-5,8-15,23H2. The van der Waals surface area contributed by atoms with Gasteiger partial charge in [0.25, 0.3) is 0 Å². The molecule has 0 radical (unpaired) electrons. The van der Waals surface area contributed by atoms with Crippen molar-refractivity contribution in [3.63, 3.8) is 0 Å². The van der Waals surface area contributed by atoms with Crippen LogP contribution in [0.5, 0.6) is 0 Å². The number of carbonyl (C=O) groups excluding carboxylic acids is 2. The molecule has 0 saturated carbocycles. The van der Waals surface area contributed by atoms with E-state index in [9.17, 15) is 9.59 Å². The first kappa shape index (κ1) is 20.0. The van der Waals surface area contributed by atoms with E-state index in [2.05, 4.69) is 6.07 Å². The second-order valence-electron chi connectivity index (χ2n) is 7.71. The molecule has 0 spiro atoms. The van der Waals surface area contributed by atoms with Crippen molar-refractivity contribution >= 4 is 11.7 Å². The van der Waals surface area contributed by atoms with Crippen molar-refractivity contribution in [2.75, 3.05) is 26.2 Å². The predicted octanol–water partition coefficient (Wildman–Crippen LogP) is 2.88. The minimum absolute atomic E-state index is 0.0803. The second-order valence-corrected chi connectivity index (χ2v) is 7.71. The normalized spacial score (nSPS) is 17.6. The fourth-order valence-corrected chi connectivity index (χ4v) is 4.03. The van der Waals surface area contributed by atoms with Crippen molar-refractivity contribution in [1.29, 1.82) is 0 Å². The number of carbonyl (C=O) groups is 2. The average molecular weight is 373 g/mol. The van der Waals surface area contributed by atoms with Gasteiger partial charge in [0.2, 0.25) is 5.91 Å². The molecule has 1 aromatic rings. The highest BCUT2D eigenvalue weighted by atomic mass is 16.5. The molecule has 5 heteroatoms. The van der Waals surface area contributed by atoms with Gasteiger partial charge in [-0.25, -0.2) is 0 Å². The van der Waals surface area contributed by atoms with Crippen LogP contribution in [0, 0.1) is 0 Å². The zero-order chi connectivity index (χ0) is 19.1. The third-order valence-electron chi connectivity index (χ3n) is 5.73. The van der Waals surface area contributed by atoms with Crippen LogP contribution in [0.2, 0.25) is 0 Å². The number of benzene rings is 1. The number of hydrogen-bond acceptors (Lipinski definition) is 4. The molecule has 1 saturated heterocycles. The lowest BCUT2D eigenvalue weighted by Gasteiger charge is -2.32. The number of aryl methyl sites for hydroxylation is 2. The van der Waals surface area contributed by atoms with Gasteiger partial charge in [-0.05, 0) is 68.7 Å². The summed E-state index contributed by atoms with van der Waals surface area (Å²) in [6, 6.07) is 6.08. The molecular formula is C22H32N2O3. The van der Waals surface area contributed by atoms with Gasteiger partial charge in [0, 0.05) is 38.1 Å². The van der Waals surface area contributed by atoms with Gasteiger partial charge in [-0.3, -0.25) is 9.59 Å². The van der Waals surface area contributed by atoms with E-state index in [-0.39, 0.29) is 17.8 Å². The minimum Gasteiger partial charge on any atom is -0.378 e. The van der Waals surface area contributed by atoms with Crippen LogP contribution in [0.1, 0.15) is 66.4 Å². The first-order chi connectivity index (χ1) is 13.2. The Hall–Kier alpha value is -1.72. The average Bonchev–Trinajstić information content (AvgIpc) is 2.72. The van der Waals surface area contributed by atoms with Crippen LogP contribution >= 0.6 is 0 Å². The Bertz CT molecular complexity index is 651. The molecule has 1 aliphatic carbocycles. The van der Waals surface area contributed by atoms with Gasteiger partial charge in [-0.1, -0.05) is 12.1 Å². The van der Waals surface area contributed by atoms with Crippen LogP contribution in [0.15, 0.2) is 18.2 Å². The quantitative estimate of drug-likeness (QED) is 0.562. The number of piperidine rings is 1. The molecule has 3 rings (SSSR count). The summed E-state index contributed by atoms with van der Waals surface area (Å²) in [5, 5.41) is 0. The lowest BCUT2D eigenvalue weighted by Crippen LogP contribution is -2.41. The lowest BCUT2D eigenvalue weighted by atomic mass is 9.89. The molecule has 1 amide bonds. The van der Waals surface area contributed by atoms with E-state index in [0.29, 0.717) is 26.0 Å². The Morgan fingerprint density at radius 2 is 1.81 bits per heavy atom. The monoisotopic (exact) mass is 372 g/mol. The summed E-state index contributed by atoms with van der Waals surface area (Å²) >= 11 is 0. The Morgan fingerprint density at radius 1 is 1.07 bits per heavy atom. The molecule has 0 atom stereocenters. The Kier molecular flexibility index (Phi) is 7.41. The number of rotatable bonds is 8. The molecular weight excluding hydrogens is 340 g/mol. The van der Waals surface area contributed by atoms with E-state index in [1.165, 1.54) is 24.0 Å². The van der Waals surface area contributed by atoms with E-state index in [0.717, 1.165) is 50.8 Å². The van der Waals surface area contributed by atoms with E-state index in [1.807, 2.05) is 17.0 Å². The number of fused-ring (bicyclic) bond motifs is 1. The Balaban J connectivity index is 1.42. The maximum atomic E-state index is 12.5. The summed E-state index contributed by atoms with van der Waals surface area (Å²) in [5.41, 5.74) is 8.93. The first-order valence-corrected chi connectivity index (χ1v) is 10.4. The molecule has 1 aromatic carbocycles. The topological polar surface area (TPSA) is 72.6 Å². The van der Waals surface area contributed by atoms with E-state index < -0.39 is 0 Å². The van der Waals surface area contributed by atoms with Crippen molar-refractivity contribution in [2.45, 2.75) is 63.9 Å². The summed E-state index contributed by atoms with van der Waals surface area (Å²) < 4.78 is 5.78. The van der Waals surface area contributed by atoms with E-state index in [1.54, 1.807) is 0 Å². The van der Waals surface area contributed by atoms with Crippen LogP contribution < -0.4 is 5.73 Å². The number of ether oxygens (including phenoxy) is 1. The smallest absolute Gasteiger partial charge is 0.223 e. The molecule has 27 heavy (non-hydrogen) atoms. The van der Waals surface area contributed by atoms with Gasteiger partial charge in [0.1, 0.15) is 0 Å². The number of Topliss-reactive ketones (excluding diaryl/α,β-unsaturated/α-hetero) is 1. The first-order valence-electron chi connectivity index (χ1n) is 10.4. The summed E-state index contributed by atoms with van der Waals surface area (Å²) in [6.45, 7) is 2.79. The van der Waals surface area contributed by atoms with Crippen LogP contribution in [0.3, 0.4) is 0 Å². The molecule has 0 unspecified atom stereocenters. The van der Waals surface area contributed by atoms with Crippen molar-refractivity contribution in [1.82, 2.24) is 4.90 Å². The number of nitrogens with two attached hydrogens (primary N) is 1. The minimum atomic E-state index is 0.0803. The van der Waals surface area contributed by atoms with Crippen molar-refractivity contribution < 1.29 is 14.3 Å². The number of nitrogens with zero attached hydrogens (tertiary/aromatic N) is 1. The van der Waals surface area contributed by atoms with E-state index >= 15 is 0 Å². The molecule has 2 aliphatic rings. The van der Waals surface area contributed by atoms with Crippen LogP contribution in [0.25, 0.3) is 0 Å². The van der Waals surface area contributed by atoms with Gasteiger partial charge in [0.05, 0.1) is 6.10 Å². The highest BCUT2D eigenvalue weighted by molar-refractivity contribution is 5.98. The van der Waals surface area contributed by atoms with Crippen LogP contribution in [-0.4, -0.2) is 48.9 Å². The molecule has 0 bridgehead atoms. The fourth-order valence-electron chi connectivity index (χ4n) is 4.03. The number of amides is 1. The molecule has 148 valence electrons. The van der Waals surface area contributed by atoms with Gasteiger partial charge in [-0.15, -0.1) is 0 Å². The largest absolute Gasteiger partial charge is 0.378 e. The zero-order valence-corrected chi connectivity index (χ0v) is 16.3. The molecule has 1 aliphatic heterocycles. The van der Waals surface area contributed by atoms with Crippen molar-refractivity contribution in [3.8, 4) is 0 Å². The fraction of sp³-hybridized carbons (Fsp3) is 0.636. The van der Waals surface area contributed by atoms with Gasteiger partial charge in [-0.2, -0.15) is 0 Å². The lowest BCUT2D eigenvalue weighted by molar-refractivity contribution is -0.133. The highest BCUT2D eigenvalue weighted by Crippen LogP contribution is 2.23. The SMILES string of the molecule is NCCCOC1CCN(C(=O)CCC(=O)c2ccc3c(c2)CCCC3)CC1. The Labute approximate surface area is 162 Å². The van der Waals surface area contributed by atoms with Gasteiger partial charge < -0.3 is 15.4 Å². The summed E-state index contributed by atoms with van der Waals surface area (Å²) in [7, 11) is 0. The highest BCUT2D eigenvalue weighted by Gasteiger charge is 2.23. The van der Waals surface area contributed by atoms with E-state index in [4.69, 9.17) is 10.5 Å². The summed E-state index contributed by atoms with van der Waals surface area (Å²) in [6.07, 6.45) is 8.08. The summed E-state index contributed by atoms with van der Waals surface area (Å²) in [5.74, 6) is 0.165. The van der Waals surface area contributed by atoms with Crippen molar-refractivity contribution in [2.24, 2.45) is 5.73 Å². The zero-order valence-electron chi connectivity index (χ0n) is 16.3. The number of ketones is 1. The predicted molar refractivity (Wildman–Crippen MR) is 106 cm³/mol. The van der Waals surface area contributed by atoms with Crippen LogP contribution in [0.4, 0.5) is 0 Å². The molecule has 5 nitrogen and oxygen atoms in total. The number of hydrogen-bond donors (Lipinski definition) is 1. The molecule has 0 aromatic heterocycles. The molecule has 1 heterocycles. The number of likely N-dealkylation sites (tertiary alicyclic amines) is 1. The molecule has 1 fully saturated rings. The van der Waals surface area contributed by atoms with Gasteiger partial charge in [0.15, 0.2) is 5.78 Å². The second kappa shape index (κ2) is 10.00. The maximum absolute atomic E-state index is 12.5. The van der Waals surface area contributed by atoms with Gasteiger partial charge >= 0.3 is 0 Å². The molecule has 2 N–H and O–H groups in total. The van der Waals surface area contributed by atoms with Crippen molar-refractivity contribution in [3.05, 3.63) is 34.9 Å². The summed E-state index contributed by atoms with van der Waals surface area (Å²) in [4.78, 5) is 26.8. The third-order valence-corrected chi connectivity index (χ3v) is 5.73. The Morgan fingerprint density at radius 3 is 2.56 bits per heavy atom. The maximum Gasteiger partial charge on any atom is 0.223 e. The third kappa shape index (κ3) is 5.63. The van der Waals surface area contributed by atoms with Crippen LogP contribution in [-0.2, 0) is 22.4 Å².